The van der Waals surface area contributed by atoms with Crippen LogP contribution in [0.3, 0.4) is 0 Å². The van der Waals surface area contributed by atoms with Crippen molar-refractivity contribution < 1.29 is 5.11 Å². The molecule has 13 heavy (non-hydrogen) atoms. The number of aliphatic hydroxyl groups is 1. The van der Waals surface area contributed by atoms with E-state index < -0.39 is 0 Å². The summed E-state index contributed by atoms with van der Waals surface area (Å²) in [5.74, 6) is 0.297. The molecule has 0 amide bonds. The molecule has 0 spiro atoms. The second-order valence-electron chi connectivity index (χ2n) is 3.51. The monoisotopic (exact) mass is 174 g/mol. The number of benzene rings is 1. The van der Waals surface area contributed by atoms with Gasteiger partial charge in [-0.1, -0.05) is 42.5 Å². The summed E-state index contributed by atoms with van der Waals surface area (Å²) in [7, 11) is 0. The number of hydrogen-bond acceptors (Lipinski definition) is 1. The van der Waals surface area contributed by atoms with Crippen LogP contribution in [-0.4, -0.2) is 11.2 Å². The molecule has 2 rings (SSSR count). The van der Waals surface area contributed by atoms with Gasteiger partial charge in [-0.15, -0.1) is 0 Å². The van der Waals surface area contributed by atoms with Crippen LogP contribution in [0.25, 0.3) is 0 Å². The second-order valence-corrected chi connectivity index (χ2v) is 3.51. The fourth-order valence-corrected chi connectivity index (χ4v) is 1.88. The smallest absolute Gasteiger partial charge is 0.0789 e. The Balaban J connectivity index is 2.22. The molecule has 0 aromatic heterocycles. The first-order valence-corrected chi connectivity index (χ1v) is 4.77. The summed E-state index contributed by atoms with van der Waals surface area (Å²) in [4.78, 5) is 0. The van der Waals surface area contributed by atoms with E-state index in [1.807, 2.05) is 24.3 Å². The molecule has 0 fully saturated rings. The molecule has 1 aliphatic carbocycles. The van der Waals surface area contributed by atoms with E-state index in [-0.39, 0.29) is 6.10 Å². The van der Waals surface area contributed by atoms with Crippen molar-refractivity contribution in [1.82, 2.24) is 0 Å². The van der Waals surface area contributed by atoms with Crippen molar-refractivity contribution in [1.29, 1.82) is 0 Å². The van der Waals surface area contributed by atoms with Gasteiger partial charge in [-0.3, -0.25) is 0 Å². The summed E-state index contributed by atoms with van der Waals surface area (Å²) in [6.45, 7) is 0. The summed E-state index contributed by atoms with van der Waals surface area (Å²) in [5, 5.41) is 9.74. The topological polar surface area (TPSA) is 20.2 Å². The SMILES string of the molecule is OC1C=CCCC1c1ccccc1. The van der Waals surface area contributed by atoms with Crippen molar-refractivity contribution in [3.63, 3.8) is 0 Å². The summed E-state index contributed by atoms with van der Waals surface area (Å²) in [6.07, 6.45) is 5.81. The number of hydrogen-bond donors (Lipinski definition) is 1. The molecule has 2 unspecified atom stereocenters. The van der Waals surface area contributed by atoms with Crippen LogP contribution in [0.15, 0.2) is 42.5 Å². The lowest BCUT2D eigenvalue weighted by Crippen LogP contribution is -2.18. The summed E-state index contributed by atoms with van der Waals surface area (Å²) in [6, 6.07) is 10.2. The van der Waals surface area contributed by atoms with Crippen molar-refractivity contribution >= 4 is 0 Å². The maximum absolute atomic E-state index is 9.74. The first-order chi connectivity index (χ1) is 6.38. The molecule has 0 radical (unpaired) electrons. The van der Waals surface area contributed by atoms with E-state index in [2.05, 4.69) is 18.2 Å². The van der Waals surface area contributed by atoms with E-state index in [0.29, 0.717) is 5.92 Å². The van der Waals surface area contributed by atoms with Crippen molar-refractivity contribution in [3.05, 3.63) is 48.0 Å². The molecule has 0 saturated carbocycles. The Hall–Kier alpha value is -1.08. The molecule has 1 aromatic carbocycles. The Kier molecular flexibility index (Phi) is 2.46. The molecule has 1 N–H and O–H groups in total. The van der Waals surface area contributed by atoms with Crippen molar-refractivity contribution in [2.75, 3.05) is 0 Å². The normalized spacial score (nSPS) is 27.5. The molecular formula is C12H14O. The highest BCUT2D eigenvalue weighted by Crippen LogP contribution is 2.28. The fraction of sp³-hybridized carbons (Fsp3) is 0.333. The van der Waals surface area contributed by atoms with Gasteiger partial charge in [0.25, 0.3) is 0 Å². The van der Waals surface area contributed by atoms with Crippen LogP contribution in [0.4, 0.5) is 0 Å². The quantitative estimate of drug-likeness (QED) is 0.648. The van der Waals surface area contributed by atoms with Gasteiger partial charge in [-0.2, -0.15) is 0 Å². The number of aliphatic hydroxyl groups excluding tert-OH is 1. The second kappa shape index (κ2) is 3.75. The Morgan fingerprint density at radius 1 is 1.15 bits per heavy atom. The zero-order valence-corrected chi connectivity index (χ0v) is 7.56. The highest BCUT2D eigenvalue weighted by molar-refractivity contribution is 5.23. The maximum atomic E-state index is 9.74. The average Bonchev–Trinajstić information content (AvgIpc) is 2.20. The largest absolute Gasteiger partial charge is 0.388 e. The van der Waals surface area contributed by atoms with E-state index in [1.165, 1.54) is 5.56 Å². The predicted octanol–water partition coefficient (Wildman–Crippen LogP) is 2.48. The zero-order chi connectivity index (χ0) is 9.10. The molecule has 1 aromatic rings. The molecular weight excluding hydrogens is 160 g/mol. The Morgan fingerprint density at radius 3 is 2.62 bits per heavy atom. The first-order valence-electron chi connectivity index (χ1n) is 4.77. The van der Waals surface area contributed by atoms with Gasteiger partial charge in [0.2, 0.25) is 0 Å². The first kappa shape index (κ1) is 8.52. The highest BCUT2D eigenvalue weighted by Gasteiger charge is 2.20. The molecule has 68 valence electrons. The van der Waals surface area contributed by atoms with Gasteiger partial charge in [0.05, 0.1) is 6.10 Å². The van der Waals surface area contributed by atoms with Gasteiger partial charge in [-0.05, 0) is 18.4 Å². The van der Waals surface area contributed by atoms with E-state index in [1.54, 1.807) is 0 Å². The Bertz CT molecular complexity index is 289. The van der Waals surface area contributed by atoms with Crippen LogP contribution < -0.4 is 0 Å². The standard InChI is InChI=1S/C12H14O/c13-12-9-5-4-8-11(12)10-6-2-1-3-7-10/h1-3,5-7,9,11-13H,4,8H2. The van der Waals surface area contributed by atoms with Crippen molar-refractivity contribution in [3.8, 4) is 0 Å². The molecule has 0 bridgehead atoms. The molecule has 0 heterocycles. The van der Waals surface area contributed by atoms with Gasteiger partial charge in [-0.25, -0.2) is 0 Å². The van der Waals surface area contributed by atoms with E-state index in [9.17, 15) is 5.11 Å². The molecule has 2 atom stereocenters. The number of rotatable bonds is 1. The maximum Gasteiger partial charge on any atom is 0.0789 e. The molecule has 1 aliphatic rings. The lowest BCUT2D eigenvalue weighted by molar-refractivity contribution is 0.179. The van der Waals surface area contributed by atoms with Gasteiger partial charge >= 0.3 is 0 Å². The molecule has 1 heteroatoms. The highest BCUT2D eigenvalue weighted by atomic mass is 16.3. The number of allylic oxidation sites excluding steroid dienone is 1. The van der Waals surface area contributed by atoms with Crippen molar-refractivity contribution in [2.24, 2.45) is 0 Å². The molecule has 0 aliphatic heterocycles. The van der Waals surface area contributed by atoms with E-state index >= 15 is 0 Å². The van der Waals surface area contributed by atoms with E-state index in [0.717, 1.165) is 12.8 Å². The zero-order valence-electron chi connectivity index (χ0n) is 7.56. The Labute approximate surface area is 78.7 Å². The summed E-state index contributed by atoms with van der Waals surface area (Å²) in [5.41, 5.74) is 1.25. The average molecular weight is 174 g/mol. The predicted molar refractivity (Wildman–Crippen MR) is 53.6 cm³/mol. The van der Waals surface area contributed by atoms with Gasteiger partial charge in [0, 0.05) is 5.92 Å². The third-order valence-electron chi connectivity index (χ3n) is 2.62. The lowest BCUT2D eigenvalue weighted by atomic mass is 9.86. The van der Waals surface area contributed by atoms with Crippen LogP contribution >= 0.6 is 0 Å². The summed E-state index contributed by atoms with van der Waals surface area (Å²) >= 11 is 0. The minimum absolute atomic E-state index is 0.295. The lowest BCUT2D eigenvalue weighted by Gasteiger charge is -2.23. The van der Waals surface area contributed by atoms with Gasteiger partial charge in [0.15, 0.2) is 0 Å². The molecule has 1 nitrogen and oxygen atoms in total. The third-order valence-corrected chi connectivity index (χ3v) is 2.62. The van der Waals surface area contributed by atoms with Gasteiger partial charge < -0.3 is 5.11 Å². The minimum atomic E-state index is -0.295. The van der Waals surface area contributed by atoms with Crippen LogP contribution in [0.5, 0.6) is 0 Å². The van der Waals surface area contributed by atoms with Crippen LogP contribution in [0, 0.1) is 0 Å². The van der Waals surface area contributed by atoms with Crippen molar-refractivity contribution in [2.45, 2.75) is 24.9 Å². The van der Waals surface area contributed by atoms with Gasteiger partial charge in [0.1, 0.15) is 0 Å². The summed E-state index contributed by atoms with van der Waals surface area (Å²) < 4.78 is 0. The Morgan fingerprint density at radius 2 is 1.92 bits per heavy atom. The minimum Gasteiger partial charge on any atom is -0.388 e. The molecule has 0 saturated heterocycles. The van der Waals surface area contributed by atoms with Crippen LogP contribution in [0.1, 0.15) is 24.3 Å². The van der Waals surface area contributed by atoms with Crippen LogP contribution in [0.2, 0.25) is 0 Å². The van der Waals surface area contributed by atoms with E-state index in [4.69, 9.17) is 0 Å². The fourth-order valence-electron chi connectivity index (χ4n) is 1.88. The third kappa shape index (κ3) is 1.81. The van der Waals surface area contributed by atoms with Crippen LogP contribution in [-0.2, 0) is 0 Å².